The molecule has 2 N–H and O–H groups in total. The number of thiocarbonyl (C=S) groups is 1. The van der Waals surface area contributed by atoms with Gasteiger partial charge in [0, 0.05) is 17.6 Å². The van der Waals surface area contributed by atoms with Gasteiger partial charge in [-0.1, -0.05) is 6.07 Å². The van der Waals surface area contributed by atoms with Gasteiger partial charge in [-0.05, 0) is 61.1 Å². The van der Waals surface area contributed by atoms with Crippen molar-refractivity contribution in [2.45, 2.75) is 11.8 Å². The molecule has 0 bridgehead atoms. The first-order valence-corrected chi connectivity index (χ1v) is 8.70. The molecule has 116 valence electrons. The first kappa shape index (κ1) is 16.4. The Hall–Kier alpha value is -1.99. The van der Waals surface area contributed by atoms with Crippen LogP contribution in [0.1, 0.15) is 5.56 Å². The van der Waals surface area contributed by atoms with Gasteiger partial charge >= 0.3 is 0 Å². The second kappa shape index (κ2) is 6.41. The summed E-state index contributed by atoms with van der Waals surface area (Å²) in [5.74, 6) is -0.315. The van der Waals surface area contributed by atoms with Crippen LogP contribution in [0.3, 0.4) is 0 Å². The molecule has 0 aliphatic carbocycles. The molecular weight excluding hydrogens is 323 g/mol. The zero-order valence-electron chi connectivity index (χ0n) is 12.1. The number of benzene rings is 2. The van der Waals surface area contributed by atoms with Crippen LogP contribution in [0.2, 0.25) is 0 Å². The van der Waals surface area contributed by atoms with Crippen molar-refractivity contribution in [3.8, 4) is 0 Å². The van der Waals surface area contributed by atoms with Gasteiger partial charge in [0.2, 0.25) is 0 Å². The first-order chi connectivity index (χ1) is 10.3. The van der Waals surface area contributed by atoms with Gasteiger partial charge in [-0.15, -0.1) is 0 Å². The Morgan fingerprint density at radius 2 is 1.59 bits per heavy atom. The minimum atomic E-state index is -3.22. The van der Waals surface area contributed by atoms with Gasteiger partial charge in [0.15, 0.2) is 14.9 Å². The fourth-order valence-corrected chi connectivity index (χ4v) is 2.62. The Bertz CT molecular complexity index is 803. The van der Waals surface area contributed by atoms with Crippen LogP contribution < -0.4 is 10.6 Å². The van der Waals surface area contributed by atoms with E-state index in [0.29, 0.717) is 16.9 Å². The maximum Gasteiger partial charge on any atom is 0.175 e. The molecule has 22 heavy (non-hydrogen) atoms. The van der Waals surface area contributed by atoms with E-state index in [9.17, 15) is 12.8 Å². The summed E-state index contributed by atoms with van der Waals surface area (Å²) in [6.45, 7) is 1.68. The first-order valence-electron chi connectivity index (χ1n) is 6.40. The lowest BCUT2D eigenvalue weighted by atomic mass is 10.2. The highest BCUT2D eigenvalue weighted by Crippen LogP contribution is 2.16. The Morgan fingerprint density at radius 3 is 2.14 bits per heavy atom. The second-order valence-corrected chi connectivity index (χ2v) is 7.26. The fraction of sp³-hybridized carbons (Fsp3) is 0.133. The smallest absolute Gasteiger partial charge is 0.175 e. The highest BCUT2D eigenvalue weighted by molar-refractivity contribution is 7.90. The molecular formula is C15H15FN2O2S2. The summed E-state index contributed by atoms with van der Waals surface area (Å²) in [6, 6.07) is 10.9. The molecule has 0 atom stereocenters. The number of hydrogen-bond acceptors (Lipinski definition) is 3. The molecule has 7 heteroatoms. The van der Waals surface area contributed by atoms with Gasteiger partial charge in [-0.2, -0.15) is 0 Å². The van der Waals surface area contributed by atoms with E-state index in [0.717, 1.165) is 6.26 Å². The summed E-state index contributed by atoms with van der Waals surface area (Å²) in [6.07, 6.45) is 1.15. The number of nitrogens with one attached hydrogen (secondary N) is 2. The largest absolute Gasteiger partial charge is 0.332 e. The van der Waals surface area contributed by atoms with Crippen LogP contribution in [0.15, 0.2) is 47.4 Å². The van der Waals surface area contributed by atoms with Crippen LogP contribution in [0.5, 0.6) is 0 Å². The van der Waals surface area contributed by atoms with Crippen molar-refractivity contribution in [1.82, 2.24) is 0 Å². The van der Waals surface area contributed by atoms with E-state index >= 15 is 0 Å². The zero-order chi connectivity index (χ0) is 16.3. The zero-order valence-corrected chi connectivity index (χ0v) is 13.7. The quantitative estimate of drug-likeness (QED) is 0.841. The Kier molecular flexibility index (Phi) is 4.77. The van der Waals surface area contributed by atoms with Crippen molar-refractivity contribution in [1.29, 1.82) is 0 Å². The molecule has 0 heterocycles. The molecule has 0 aliphatic heterocycles. The van der Waals surface area contributed by atoms with E-state index < -0.39 is 9.84 Å². The molecule has 0 saturated heterocycles. The van der Waals surface area contributed by atoms with Gasteiger partial charge < -0.3 is 10.6 Å². The predicted molar refractivity (Wildman–Crippen MR) is 90.5 cm³/mol. The van der Waals surface area contributed by atoms with Crippen molar-refractivity contribution >= 4 is 38.5 Å². The van der Waals surface area contributed by atoms with Gasteiger partial charge in [-0.25, -0.2) is 12.8 Å². The summed E-state index contributed by atoms with van der Waals surface area (Å²) in [7, 11) is -3.22. The minimum Gasteiger partial charge on any atom is -0.332 e. The van der Waals surface area contributed by atoms with Crippen molar-refractivity contribution in [3.63, 3.8) is 0 Å². The summed E-state index contributed by atoms with van der Waals surface area (Å²) in [5, 5.41) is 6.06. The van der Waals surface area contributed by atoms with Crippen LogP contribution in [0, 0.1) is 12.7 Å². The van der Waals surface area contributed by atoms with Crippen molar-refractivity contribution in [3.05, 3.63) is 53.8 Å². The summed E-state index contributed by atoms with van der Waals surface area (Å²) in [5.41, 5.74) is 1.73. The molecule has 0 saturated carbocycles. The third-order valence-electron chi connectivity index (χ3n) is 2.97. The lowest BCUT2D eigenvalue weighted by Gasteiger charge is -2.11. The van der Waals surface area contributed by atoms with Crippen molar-refractivity contribution in [2.75, 3.05) is 16.9 Å². The van der Waals surface area contributed by atoms with E-state index in [1.807, 2.05) is 0 Å². The SMILES string of the molecule is Cc1ccc(NC(=S)Nc2ccc(S(C)(=O)=O)cc2)cc1F. The Labute approximate surface area is 134 Å². The fourth-order valence-electron chi connectivity index (χ4n) is 1.75. The van der Waals surface area contributed by atoms with Crippen molar-refractivity contribution in [2.24, 2.45) is 0 Å². The highest BCUT2D eigenvalue weighted by Gasteiger charge is 2.07. The lowest BCUT2D eigenvalue weighted by Crippen LogP contribution is -2.19. The molecule has 4 nitrogen and oxygen atoms in total. The third kappa shape index (κ3) is 4.25. The molecule has 0 aromatic heterocycles. The average Bonchev–Trinajstić information content (AvgIpc) is 2.42. The number of rotatable bonds is 3. The molecule has 0 aliphatic rings. The number of anilines is 2. The monoisotopic (exact) mass is 338 g/mol. The molecule has 2 aromatic rings. The van der Waals surface area contributed by atoms with Crippen LogP contribution >= 0.6 is 12.2 Å². The van der Waals surface area contributed by atoms with Crippen LogP contribution in [-0.2, 0) is 9.84 Å². The molecule has 0 fully saturated rings. The van der Waals surface area contributed by atoms with E-state index in [1.165, 1.54) is 18.2 Å². The van der Waals surface area contributed by atoms with Crippen LogP contribution in [-0.4, -0.2) is 19.8 Å². The number of hydrogen-bond donors (Lipinski definition) is 2. The van der Waals surface area contributed by atoms with E-state index in [4.69, 9.17) is 12.2 Å². The van der Waals surface area contributed by atoms with Gasteiger partial charge in [0.1, 0.15) is 5.82 Å². The Balaban J connectivity index is 2.04. The maximum absolute atomic E-state index is 13.5. The van der Waals surface area contributed by atoms with E-state index in [-0.39, 0.29) is 15.8 Å². The van der Waals surface area contributed by atoms with Gasteiger partial charge in [0.25, 0.3) is 0 Å². The number of sulfone groups is 1. The summed E-state index contributed by atoms with van der Waals surface area (Å²) >= 11 is 5.14. The predicted octanol–water partition coefficient (Wildman–Crippen LogP) is 3.35. The minimum absolute atomic E-state index is 0.234. The normalized spacial score (nSPS) is 11.0. The van der Waals surface area contributed by atoms with Crippen molar-refractivity contribution < 1.29 is 12.8 Å². The van der Waals surface area contributed by atoms with Crippen LogP contribution in [0.4, 0.5) is 15.8 Å². The number of aryl methyl sites for hydroxylation is 1. The average molecular weight is 338 g/mol. The molecule has 2 aromatic carbocycles. The maximum atomic E-state index is 13.5. The molecule has 0 unspecified atom stereocenters. The molecule has 0 amide bonds. The molecule has 0 radical (unpaired) electrons. The Morgan fingerprint density at radius 1 is 1.05 bits per heavy atom. The topological polar surface area (TPSA) is 58.2 Å². The third-order valence-corrected chi connectivity index (χ3v) is 4.30. The van der Waals surface area contributed by atoms with Gasteiger partial charge in [0.05, 0.1) is 4.90 Å². The molecule has 2 rings (SSSR count). The van der Waals surface area contributed by atoms with Gasteiger partial charge in [-0.3, -0.25) is 0 Å². The summed E-state index contributed by atoms with van der Waals surface area (Å²) in [4.78, 5) is 0.234. The summed E-state index contributed by atoms with van der Waals surface area (Å²) < 4.78 is 36.2. The van der Waals surface area contributed by atoms with E-state index in [2.05, 4.69) is 10.6 Å². The van der Waals surface area contributed by atoms with E-state index in [1.54, 1.807) is 31.2 Å². The molecule has 0 spiro atoms. The second-order valence-electron chi connectivity index (χ2n) is 4.84. The highest BCUT2D eigenvalue weighted by atomic mass is 32.2. The van der Waals surface area contributed by atoms with Crippen LogP contribution in [0.25, 0.3) is 0 Å². The number of halogens is 1. The standard InChI is InChI=1S/C15H15FN2O2S2/c1-10-3-4-12(9-14(10)16)18-15(21)17-11-5-7-13(8-6-11)22(2,19)20/h3-9H,1-2H3,(H2,17,18,21). The lowest BCUT2D eigenvalue weighted by molar-refractivity contribution is 0.602.